The topological polar surface area (TPSA) is 18.5 Å². The van der Waals surface area contributed by atoms with Gasteiger partial charge in [-0.25, -0.2) is 0 Å². The fourth-order valence-electron chi connectivity index (χ4n) is 0.867. The molecule has 0 saturated heterocycles. The molecule has 0 aliphatic heterocycles. The van der Waals surface area contributed by atoms with Crippen LogP contribution in [0.5, 0.6) is 5.06 Å². The van der Waals surface area contributed by atoms with Crippen molar-refractivity contribution >= 4 is 11.3 Å². The molecule has 2 nitrogen and oxygen atoms in total. The molecule has 1 aromatic rings. The molecule has 3 heteroatoms. The second-order valence-corrected chi connectivity index (χ2v) is 3.39. The van der Waals surface area contributed by atoms with Crippen molar-refractivity contribution in [2.45, 2.75) is 12.8 Å². The highest BCUT2D eigenvalue weighted by Gasteiger charge is 1.92. The molecule has 0 spiro atoms. The molecule has 0 fully saturated rings. The molecule has 0 unspecified atom stereocenters. The van der Waals surface area contributed by atoms with E-state index in [9.17, 15) is 0 Å². The SMILES string of the molecule is COCCCCOc1cccs1. The van der Waals surface area contributed by atoms with Crippen molar-refractivity contribution in [3.8, 4) is 5.06 Å². The lowest BCUT2D eigenvalue weighted by Crippen LogP contribution is -1.98. The van der Waals surface area contributed by atoms with Gasteiger partial charge in [-0.2, -0.15) is 0 Å². The van der Waals surface area contributed by atoms with Crippen LogP contribution in [0.25, 0.3) is 0 Å². The van der Waals surface area contributed by atoms with E-state index in [-0.39, 0.29) is 0 Å². The summed E-state index contributed by atoms with van der Waals surface area (Å²) in [6, 6.07) is 3.98. The second kappa shape index (κ2) is 6.03. The molecular formula is C9H14O2S. The fourth-order valence-corrected chi connectivity index (χ4v) is 1.47. The van der Waals surface area contributed by atoms with Crippen LogP contribution >= 0.6 is 11.3 Å². The van der Waals surface area contributed by atoms with Crippen molar-refractivity contribution in [2.75, 3.05) is 20.3 Å². The van der Waals surface area contributed by atoms with E-state index in [4.69, 9.17) is 9.47 Å². The molecule has 0 N–H and O–H groups in total. The van der Waals surface area contributed by atoms with Crippen LogP contribution in [-0.2, 0) is 4.74 Å². The summed E-state index contributed by atoms with van der Waals surface area (Å²) in [5, 5.41) is 3.03. The highest BCUT2D eigenvalue weighted by molar-refractivity contribution is 7.11. The Labute approximate surface area is 77.1 Å². The minimum atomic E-state index is 0.796. The Balaban J connectivity index is 1.96. The Morgan fingerprint density at radius 2 is 2.17 bits per heavy atom. The summed E-state index contributed by atoms with van der Waals surface area (Å²) in [6.45, 7) is 1.62. The summed E-state index contributed by atoms with van der Waals surface area (Å²) >= 11 is 1.63. The van der Waals surface area contributed by atoms with E-state index in [1.165, 1.54) is 0 Å². The third-order valence-electron chi connectivity index (χ3n) is 1.48. The van der Waals surface area contributed by atoms with Gasteiger partial charge in [0.15, 0.2) is 5.06 Å². The van der Waals surface area contributed by atoms with Gasteiger partial charge in [0.25, 0.3) is 0 Å². The molecule has 1 rings (SSSR count). The Morgan fingerprint density at radius 1 is 1.33 bits per heavy atom. The van der Waals surface area contributed by atoms with Crippen molar-refractivity contribution in [3.05, 3.63) is 17.5 Å². The van der Waals surface area contributed by atoms with Crippen molar-refractivity contribution in [1.29, 1.82) is 0 Å². The number of thiophene rings is 1. The second-order valence-electron chi connectivity index (χ2n) is 2.48. The number of hydrogen-bond donors (Lipinski definition) is 0. The van der Waals surface area contributed by atoms with Crippen LogP contribution in [-0.4, -0.2) is 20.3 Å². The Morgan fingerprint density at radius 3 is 2.83 bits per heavy atom. The van der Waals surface area contributed by atoms with Gasteiger partial charge in [-0.05, 0) is 30.4 Å². The maximum absolute atomic E-state index is 5.46. The van der Waals surface area contributed by atoms with Gasteiger partial charge >= 0.3 is 0 Å². The lowest BCUT2D eigenvalue weighted by Gasteiger charge is -2.01. The summed E-state index contributed by atoms with van der Waals surface area (Å²) in [5.74, 6) is 0. The van der Waals surface area contributed by atoms with E-state index in [0.29, 0.717) is 0 Å². The minimum absolute atomic E-state index is 0.796. The van der Waals surface area contributed by atoms with E-state index >= 15 is 0 Å². The van der Waals surface area contributed by atoms with Crippen molar-refractivity contribution in [3.63, 3.8) is 0 Å². The molecule has 0 aliphatic rings. The van der Waals surface area contributed by atoms with Gasteiger partial charge in [0, 0.05) is 13.7 Å². The van der Waals surface area contributed by atoms with Crippen molar-refractivity contribution in [1.82, 2.24) is 0 Å². The van der Waals surface area contributed by atoms with Gasteiger partial charge in [-0.1, -0.05) is 0 Å². The molecule has 1 aromatic heterocycles. The first kappa shape index (κ1) is 9.55. The smallest absolute Gasteiger partial charge is 0.173 e. The molecule has 0 amide bonds. The number of methoxy groups -OCH3 is 1. The van der Waals surface area contributed by atoms with Gasteiger partial charge in [0.2, 0.25) is 0 Å². The van der Waals surface area contributed by atoms with Crippen LogP contribution in [0.4, 0.5) is 0 Å². The lowest BCUT2D eigenvalue weighted by atomic mass is 10.3. The Bertz CT molecular complexity index is 184. The monoisotopic (exact) mass is 186 g/mol. The average Bonchev–Trinajstić information content (AvgIpc) is 2.57. The number of hydrogen-bond acceptors (Lipinski definition) is 3. The summed E-state index contributed by atoms with van der Waals surface area (Å²) in [6.07, 6.45) is 2.13. The van der Waals surface area contributed by atoms with Gasteiger partial charge in [0.1, 0.15) is 0 Å². The summed E-state index contributed by atoms with van der Waals surface area (Å²) in [7, 11) is 1.72. The Kier molecular flexibility index (Phi) is 4.80. The standard InChI is InChI=1S/C9H14O2S/c1-10-6-2-3-7-11-9-5-4-8-12-9/h4-5,8H,2-3,6-7H2,1H3. The summed E-state index contributed by atoms with van der Waals surface area (Å²) in [5.41, 5.74) is 0. The van der Waals surface area contributed by atoms with Crippen LogP contribution in [0.1, 0.15) is 12.8 Å². The highest BCUT2D eigenvalue weighted by Crippen LogP contribution is 2.18. The quantitative estimate of drug-likeness (QED) is 0.636. The molecule has 0 bridgehead atoms. The van der Waals surface area contributed by atoms with Crippen molar-refractivity contribution in [2.24, 2.45) is 0 Å². The lowest BCUT2D eigenvalue weighted by molar-refractivity contribution is 0.184. The molecular weight excluding hydrogens is 172 g/mol. The summed E-state index contributed by atoms with van der Waals surface area (Å²) in [4.78, 5) is 0. The van der Waals surface area contributed by atoms with Gasteiger partial charge in [0.05, 0.1) is 6.61 Å². The molecule has 0 atom stereocenters. The molecule has 0 aromatic carbocycles. The van der Waals surface area contributed by atoms with E-state index in [1.807, 2.05) is 17.5 Å². The fraction of sp³-hybridized carbons (Fsp3) is 0.556. The number of unbranched alkanes of at least 4 members (excludes halogenated alkanes) is 1. The predicted octanol–water partition coefficient (Wildman–Crippen LogP) is 2.55. The maximum atomic E-state index is 5.46. The van der Waals surface area contributed by atoms with Gasteiger partial charge in [-0.3, -0.25) is 0 Å². The maximum Gasteiger partial charge on any atom is 0.173 e. The minimum Gasteiger partial charge on any atom is -0.484 e. The van der Waals surface area contributed by atoms with E-state index < -0.39 is 0 Å². The third-order valence-corrected chi connectivity index (χ3v) is 2.26. The first-order valence-electron chi connectivity index (χ1n) is 4.08. The van der Waals surface area contributed by atoms with E-state index in [1.54, 1.807) is 18.4 Å². The van der Waals surface area contributed by atoms with Crippen LogP contribution in [0.15, 0.2) is 17.5 Å². The average molecular weight is 186 g/mol. The van der Waals surface area contributed by atoms with Gasteiger partial charge in [-0.15, -0.1) is 11.3 Å². The molecule has 0 radical (unpaired) electrons. The van der Waals surface area contributed by atoms with Gasteiger partial charge < -0.3 is 9.47 Å². The third kappa shape index (κ3) is 3.74. The van der Waals surface area contributed by atoms with Crippen LogP contribution in [0.3, 0.4) is 0 Å². The van der Waals surface area contributed by atoms with Crippen LogP contribution in [0.2, 0.25) is 0 Å². The molecule has 12 heavy (non-hydrogen) atoms. The van der Waals surface area contributed by atoms with Crippen molar-refractivity contribution < 1.29 is 9.47 Å². The summed E-state index contributed by atoms with van der Waals surface area (Å²) < 4.78 is 10.4. The number of rotatable bonds is 6. The largest absolute Gasteiger partial charge is 0.484 e. The molecule has 0 aliphatic carbocycles. The first-order valence-corrected chi connectivity index (χ1v) is 4.96. The van der Waals surface area contributed by atoms with E-state index in [0.717, 1.165) is 31.1 Å². The predicted molar refractivity (Wildman–Crippen MR) is 50.9 cm³/mol. The molecule has 0 saturated carbocycles. The zero-order valence-electron chi connectivity index (χ0n) is 7.29. The zero-order valence-corrected chi connectivity index (χ0v) is 8.10. The molecule has 1 heterocycles. The number of ether oxygens (including phenoxy) is 2. The van der Waals surface area contributed by atoms with E-state index in [2.05, 4.69) is 0 Å². The normalized spacial score (nSPS) is 10.1. The highest BCUT2D eigenvalue weighted by atomic mass is 32.1. The first-order chi connectivity index (χ1) is 5.93. The molecule has 68 valence electrons. The zero-order chi connectivity index (χ0) is 8.65. The Hall–Kier alpha value is -0.540. The van der Waals surface area contributed by atoms with Crippen LogP contribution < -0.4 is 4.74 Å². The van der Waals surface area contributed by atoms with Crippen LogP contribution in [0, 0.1) is 0 Å².